The summed E-state index contributed by atoms with van der Waals surface area (Å²) >= 11 is 0. The van der Waals surface area contributed by atoms with E-state index in [0.717, 1.165) is 11.3 Å². The first-order valence-corrected chi connectivity index (χ1v) is 6.11. The number of hydrogen-bond donors (Lipinski definition) is 0. The van der Waals surface area contributed by atoms with Crippen LogP contribution in [0.4, 0.5) is 0 Å². The van der Waals surface area contributed by atoms with Crippen molar-refractivity contribution in [3.05, 3.63) is 23.2 Å². The number of carbonyl (C=O) groups excluding carboxylic acids is 2. The van der Waals surface area contributed by atoms with Gasteiger partial charge in [-0.25, -0.2) is 0 Å². The molecule has 1 aliphatic rings. The van der Waals surface area contributed by atoms with Gasteiger partial charge >= 0.3 is 0 Å². The van der Waals surface area contributed by atoms with Crippen molar-refractivity contribution in [2.75, 3.05) is 26.2 Å². The Balaban J connectivity index is 2.01. The number of amides is 2. The molecule has 0 atom stereocenters. The molecule has 98 valence electrons. The molecular formula is C13H18N2O3. The minimum Gasteiger partial charge on any atom is -0.456 e. The van der Waals surface area contributed by atoms with Crippen LogP contribution in [0, 0.1) is 13.8 Å². The van der Waals surface area contributed by atoms with E-state index in [2.05, 4.69) is 0 Å². The predicted molar refractivity (Wildman–Crippen MR) is 66.3 cm³/mol. The number of nitrogens with zero attached hydrogens (tertiary/aromatic N) is 2. The van der Waals surface area contributed by atoms with Gasteiger partial charge in [0.1, 0.15) is 5.76 Å². The van der Waals surface area contributed by atoms with E-state index >= 15 is 0 Å². The molecule has 0 unspecified atom stereocenters. The van der Waals surface area contributed by atoms with Crippen LogP contribution < -0.4 is 0 Å². The zero-order chi connectivity index (χ0) is 13.3. The van der Waals surface area contributed by atoms with Crippen molar-refractivity contribution in [2.24, 2.45) is 0 Å². The van der Waals surface area contributed by atoms with E-state index < -0.39 is 0 Å². The molecule has 2 amide bonds. The zero-order valence-corrected chi connectivity index (χ0v) is 11.0. The molecular weight excluding hydrogens is 232 g/mol. The van der Waals surface area contributed by atoms with Gasteiger partial charge in [-0.05, 0) is 25.5 Å². The average Bonchev–Trinajstić information content (AvgIpc) is 2.69. The molecule has 1 aliphatic heterocycles. The van der Waals surface area contributed by atoms with Gasteiger partial charge in [-0.15, -0.1) is 0 Å². The van der Waals surface area contributed by atoms with Gasteiger partial charge in [-0.2, -0.15) is 0 Å². The average molecular weight is 250 g/mol. The SMILES string of the molecule is CC(=O)N1CCN(C(=O)c2cc(C)c(C)o2)CC1. The van der Waals surface area contributed by atoms with Gasteiger partial charge in [0.25, 0.3) is 5.91 Å². The smallest absolute Gasteiger partial charge is 0.289 e. The lowest BCUT2D eigenvalue weighted by atomic mass is 10.2. The van der Waals surface area contributed by atoms with Gasteiger partial charge in [0.05, 0.1) is 0 Å². The number of hydrogen-bond acceptors (Lipinski definition) is 3. The number of rotatable bonds is 1. The molecule has 18 heavy (non-hydrogen) atoms. The molecule has 1 saturated heterocycles. The summed E-state index contributed by atoms with van der Waals surface area (Å²) in [4.78, 5) is 26.9. The highest BCUT2D eigenvalue weighted by atomic mass is 16.4. The Kier molecular flexibility index (Phi) is 3.41. The lowest BCUT2D eigenvalue weighted by molar-refractivity contribution is -0.130. The topological polar surface area (TPSA) is 53.8 Å². The minimum absolute atomic E-state index is 0.0618. The Hall–Kier alpha value is -1.78. The molecule has 1 aromatic rings. The fourth-order valence-electron chi connectivity index (χ4n) is 2.06. The number of aryl methyl sites for hydroxylation is 2. The number of carbonyl (C=O) groups is 2. The highest BCUT2D eigenvalue weighted by molar-refractivity contribution is 5.92. The Morgan fingerprint density at radius 2 is 1.67 bits per heavy atom. The van der Waals surface area contributed by atoms with E-state index in [0.29, 0.717) is 31.9 Å². The molecule has 2 heterocycles. The van der Waals surface area contributed by atoms with Crippen molar-refractivity contribution in [3.8, 4) is 0 Å². The Morgan fingerprint density at radius 3 is 2.11 bits per heavy atom. The molecule has 5 heteroatoms. The molecule has 0 N–H and O–H groups in total. The third-order valence-electron chi connectivity index (χ3n) is 3.39. The summed E-state index contributed by atoms with van der Waals surface area (Å²) in [7, 11) is 0. The summed E-state index contributed by atoms with van der Waals surface area (Å²) in [6.45, 7) is 7.65. The quantitative estimate of drug-likeness (QED) is 0.752. The highest BCUT2D eigenvalue weighted by Crippen LogP contribution is 2.16. The van der Waals surface area contributed by atoms with Crippen molar-refractivity contribution in [3.63, 3.8) is 0 Å². The summed E-state index contributed by atoms with van der Waals surface area (Å²) in [6, 6.07) is 1.77. The molecule has 0 saturated carbocycles. The second-order valence-electron chi connectivity index (χ2n) is 4.65. The molecule has 1 fully saturated rings. The molecule has 0 aromatic carbocycles. The van der Waals surface area contributed by atoms with Crippen LogP contribution in [0.25, 0.3) is 0 Å². The second-order valence-corrected chi connectivity index (χ2v) is 4.65. The number of furan rings is 1. The van der Waals surface area contributed by atoms with Crippen molar-refractivity contribution in [1.29, 1.82) is 0 Å². The molecule has 2 rings (SSSR count). The summed E-state index contributed by atoms with van der Waals surface area (Å²) in [5, 5.41) is 0. The van der Waals surface area contributed by atoms with Gasteiger partial charge in [-0.3, -0.25) is 9.59 Å². The zero-order valence-electron chi connectivity index (χ0n) is 11.0. The summed E-state index contributed by atoms with van der Waals surface area (Å²) in [6.07, 6.45) is 0. The van der Waals surface area contributed by atoms with Crippen LogP contribution in [0.1, 0.15) is 28.8 Å². The van der Waals surface area contributed by atoms with E-state index in [1.165, 1.54) is 0 Å². The van der Waals surface area contributed by atoms with Gasteiger partial charge in [0.15, 0.2) is 5.76 Å². The first-order valence-electron chi connectivity index (χ1n) is 6.11. The monoisotopic (exact) mass is 250 g/mol. The molecule has 5 nitrogen and oxygen atoms in total. The number of piperazine rings is 1. The summed E-state index contributed by atoms with van der Waals surface area (Å²) < 4.78 is 5.43. The first kappa shape index (κ1) is 12.7. The highest BCUT2D eigenvalue weighted by Gasteiger charge is 2.25. The third kappa shape index (κ3) is 2.39. The fraction of sp³-hybridized carbons (Fsp3) is 0.538. The summed E-state index contributed by atoms with van der Waals surface area (Å²) in [5.74, 6) is 1.14. The van der Waals surface area contributed by atoms with E-state index in [1.807, 2.05) is 13.8 Å². The maximum Gasteiger partial charge on any atom is 0.289 e. The standard InChI is InChI=1S/C13H18N2O3/c1-9-8-12(18-10(9)2)13(17)15-6-4-14(5-7-15)11(3)16/h8H,4-7H2,1-3H3. The Morgan fingerprint density at radius 1 is 1.11 bits per heavy atom. The first-order chi connectivity index (χ1) is 8.49. The van der Waals surface area contributed by atoms with Crippen LogP contribution in [-0.4, -0.2) is 47.8 Å². The van der Waals surface area contributed by atoms with Crippen LogP contribution in [0.15, 0.2) is 10.5 Å². The van der Waals surface area contributed by atoms with Crippen LogP contribution in [-0.2, 0) is 4.79 Å². The van der Waals surface area contributed by atoms with Crippen LogP contribution in [0.5, 0.6) is 0 Å². The lowest BCUT2D eigenvalue weighted by Gasteiger charge is -2.33. The normalized spacial score (nSPS) is 15.9. The van der Waals surface area contributed by atoms with E-state index in [4.69, 9.17) is 4.42 Å². The maximum atomic E-state index is 12.2. The maximum absolute atomic E-state index is 12.2. The fourth-order valence-corrected chi connectivity index (χ4v) is 2.06. The van der Waals surface area contributed by atoms with Crippen molar-refractivity contribution < 1.29 is 14.0 Å². The van der Waals surface area contributed by atoms with Gasteiger partial charge in [-0.1, -0.05) is 0 Å². The van der Waals surface area contributed by atoms with Gasteiger partial charge in [0.2, 0.25) is 5.91 Å². The molecule has 0 spiro atoms. The molecule has 0 aliphatic carbocycles. The summed E-state index contributed by atoms with van der Waals surface area (Å²) in [5.41, 5.74) is 0.987. The van der Waals surface area contributed by atoms with Gasteiger partial charge < -0.3 is 14.2 Å². The van der Waals surface area contributed by atoms with Gasteiger partial charge in [0, 0.05) is 33.1 Å². The van der Waals surface area contributed by atoms with Crippen LogP contribution in [0.3, 0.4) is 0 Å². The van der Waals surface area contributed by atoms with Crippen molar-refractivity contribution >= 4 is 11.8 Å². The Bertz CT molecular complexity index is 451. The largest absolute Gasteiger partial charge is 0.456 e. The molecule has 0 bridgehead atoms. The van der Waals surface area contributed by atoms with Crippen molar-refractivity contribution in [2.45, 2.75) is 20.8 Å². The van der Waals surface area contributed by atoms with E-state index in [-0.39, 0.29) is 11.8 Å². The Labute approximate surface area is 106 Å². The van der Waals surface area contributed by atoms with Crippen LogP contribution >= 0.6 is 0 Å². The third-order valence-corrected chi connectivity index (χ3v) is 3.39. The van der Waals surface area contributed by atoms with E-state index in [9.17, 15) is 9.59 Å². The molecule has 1 aromatic heterocycles. The van der Waals surface area contributed by atoms with E-state index in [1.54, 1.807) is 22.8 Å². The lowest BCUT2D eigenvalue weighted by Crippen LogP contribution is -2.50. The predicted octanol–water partition coefficient (Wildman–Crippen LogP) is 1.20. The van der Waals surface area contributed by atoms with Crippen molar-refractivity contribution in [1.82, 2.24) is 9.80 Å². The minimum atomic E-state index is -0.0885. The van der Waals surface area contributed by atoms with Crippen LogP contribution in [0.2, 0.25) is 0 Å². The molecule has 0 radical (unpaired) electrons. The second kappa shape index (κ2) is 4.84.